The lowest BCUT2D eigenvalue weighted by Gasteiger charge is -2.05. The van der Waals surface area contributed by atoms with Gasteiger partial charge in [0.2, 0.25) is 10.9 Å². The van der Waals surface area contributed by atoms with Crippen molar-refractivity contribution in [2.24, 2.45) is 5.84 Å². The van der Waals surface area contributed by atoms with E-state index in [-0.39, 0.29) is 23.2 Å². The van der Waals surface area contributed by atoms with E-state index < -0.39 is 10.0 Å². The molecule has 3 rings (SSSR count). The molecule has 0 radical (unpaired) electrons. The van der Waals surface area contributed by atoms with Gasteiger partial charge in [0.05, 0.1) is 6.54 Å². The summed E-state index contributed by atoms with van der Waals surface area (Å²) in [6.45, 7) is 1.52. The average Bonchev–Trinajstić information content (AvgIpc) is 3.10. The van der Waals surface area contributed by atoms with Crippen LogP contribution in [0.15, 0.2) is 21.1 Å². The van der Waals surface area contributed by atoms with Crippen LogP contribution in [0, 0.1) is 6.92 Å². The smallest absolute Gasteiger partial charge is 0.260 e. The topological polar surface area (TPSA) is 140 Å². The van der Waals surface area contributed by atoms with Gasteiger partial charge in [-0.3, -0.25) is 4.40 Å². The molecule has 0 saturated heterocycles. The first-order valence-corrected chi connectivity index (χ1v) is 8.08. The van der Waals surface area contributed by atoms with Crippen LogP contribution in [0.2, 0.25) is 0 Å². The maximum atomic E-state index is 12.4. The fourth-order valence-corrected chi connectivity index (χ4v) is 3.75. The molecule has 0 amide bonds. The number of sulfonamides is 1. The van der Waals surface area contributed by atoms with Crippen LogP contribution in [0.4, 0.5) is 5.82 Å². The van der Waals surface area contributed by atoms with Crippen molar-refractivity contribution in [1.82, 2.24) is 24.2 Å². The second-order valence-corrected chi connectivity index (χ2v) is 6.57. The zero-order chi connectivity index (χ0) is 15.0. The van der Waals surface area contributed by atoms with Crippen molar-refractivity contribution in [1.29, 1.82) is 0 Å². The van der Waals surface area contributed by atoms with Crippen LogP contribution >= 0.6 is 11.3 Å². The lowest BCUT2D eigenvalue weighted by Crippen LogP contribution is -2.26. The minimum absolute atomic E-state index is 0.0681. The number of nitrogens with two attached hydrogens (primary N) is 1. The maximum Gasteiger partial charge on any atom is 0.260 e. The van der Waals surface area contributed by atoms with Gasteiger partial charge in [0, 0.05) is 18.5 Å². The Morgan fingerprint density at radius 3 is 2.95 bits per heavy atom. The van der Waals surface area contributed by atoms with Gasteiger partial charge in [-0.1, -0.05) is 5.16 Å². The fourth-order valence-electron chi connectivity index (χ4n) is 1.76. The molecule has 0 aliphatic heterocycles. The van der Waals surface area contributed by atoms with Crippen LogP contribution < -0.4 is 16.0 Å². The molecule has 3 heterocycles. The minimum Gasteiger partial charge on any atom is -0.340 e. The summed E-state index contributed by atoms with van der Waals surface area (Å²) in [7, 11) is -3.85. The number of hydrazine groups is 1. The van der Waals surface area contributed by atoms with Gasteiger partial charge in [-0.05, 0) is 0 Å². The molecule has 0 aliphatic carbocycles. The third kappa shape index (κ3) is 2.49. The number of thiazole rings is 1. The van der Waals surface area contributed by atoms with E-state index in [1.807, 2.05) is 0 Å². The Labute approximate surface area is 123 Å². The summed E-state index contributed by atoms with van der Waals surface area (Å²) in [4.78, 5) is 8.53. The number of aromatic nitrogens is 4. The van der Waals surface area contributed by atoms with Gasteiger partial charge in [-0.15, -0.1) is 11.3 Å². The van der Waals surface area contributed by atoms with Crippen molar-refractivity contribution < 1.29 is 12.9 Å². The van der Waals surface area contributed by atoms with E-state index >= 15 is 0 Å². The molecule has 0 fully saturated rings. The molecule has 0 aromatic carbocycles. The van der Waals surface area contributed by atoms with Gasteiger partial charge in [0.25, 0.3) is 10.0 Å². The third-order valence-electron chi connectivity index (χ3n) is 2.60. The molecule has 0 aliphatic rings. The molecule has 3 aromatic rings. The van der Waals surface area contributed by atoms with Crippen molar-refractivity contribution >= 4 is 32.1 Å². The quantitative estimate of drug-likeness (QED) is 0.433. The lowest BCUT2D eigenvalue weighted by atomic mass is 10.6. The van der Waals surface area contributed by atoms with Crippen LogP contribution in [-0.2, 0) is 16.6 Å². The van der Waals surface area contributed by atoms with E-state index in [0.717, 1.165) is 0 Å². The monoisotopic (exact) mass is 329 g/mol. The Balaban J connectivity index is 1.94. The molecule has 112 valence electrons. The number of fused-ring (bicyclic) bond motifs is 1. The second-order valence-electron chi connectivity index (χ2n) is 4.02. The van der Waals surface area contributed by atoms with Gasteiger partial charge in [0.1, 0.15) is 0 Å². The van der Waals surface area contributed by atoms with Crippen LogP contribution in [0.25, 0.3) is 4.96 Å². The van der Waals surface area contributed by atoms with E-state index in [1.165, 1.54) is 15.7 Å². The van der Waals surface area contributed by atoms with Crippen molar-refractivity contribution in [3.05, 3.63) is 23.3 Å². The number of anilines is 1. The summed E-state index contributed by atoms with van der Waals surface area (Å²) in [5.41, 5.74) is 2.29. The number of nitrogens with zero attached hydrogens (tertiary/aromatic N) is 4. The fraction of sp³-hybridized carbons (Fsp3) is 0.222. The SMILES string of the molecule is Cc1nc(CNS(=O)(=O)c2c(NN)nc3sccn23)no1. The molecule has 21 heavy (non-hydrogen) atoms. The highest BCUT2D eigenvalue weighted by molar-refractivity contribution is 7.89. The summed E-state index contributed by atoms with van der Waals surface area (Å²) in [6, 6.07) is 0. The predicted molar refractivity (Wildman–Crippen MR) is 73.9 cm³/mol. The number of rotatable bonds is 5. The van der Waals surface area contributed by atoms with E-state index in [0.29, 0.717) is 10.9 Å². The number of hydrogen-bond donors (Lipinski definition) is 3. The van der Waals surface area contributed by atoms with Crippen molar-refractivity contribution in [2.75, 3.05) is 5.43 Å². The zero-order valence-electron chi connectivity index (χ0n) is 10.8. The Kier molecular flexibility index (Phi) is 3.36. The van der Waals surface area contributed by atoms with E-state index in [4.69, 9.17) is 10.4 Å². The Morgan fingerprint density at radius 1 is 1.48 bits per heavy atom. The standard InChI is InChI=1S/C9H11N7O3S2/c1-5-12-6(15-19-5)4-11-21(17,18)8-7(14-10)13-9-16(8)2-3-20-9/h2-3,11,14H,4,10H2,1H3. The molecule has 3 aromatic heterocycles. The third-order valence-corrected chi connectivity index (χ3v) is 4.78. The lowest BCUT2D eigenvalue weighted by molar-refractivity contribution is 0.387. The van der Waals surface area contributed by atoms with Gasteiger partial charge in [-0.25, -0.2) is 19.0 Å². The highest BCUT2D eigenvalue weighted by Gasteiger charge is 2.26. The van der Waals surface area contributed by atoms with Crippen LogP contribution in [0.5, 0.6) is 0 Å². The second kappa shape index (κ2) is 5.07. The Morgan fingerprint density at radius 2 is 2.29 bits per heavy atom. The zero-order valence-corrected chi connectivity index (χ0v) is 12.4. The number of nitrogen functional groups attached to an aromatic ring is 1. The van der Waals surface area contributed by atoms with Crippen LogP contribution in [-0.4, -0.2) is 27.9 Å². The van der Waals surface area contributed by atoms with Crippen LogP contribution in [0.3, 0.4) is 0 Å². The number of nitrogens with one attached hydrogen (secondary N) is 2. The van der Waals surface area contributed by atoms with Crippen molar-refractivity contribution in [3.63, 3.8) is 0 Å². The molecular weight excluding hydrogens is 318 g/mol. The van der Waals surface area contributed by atoms with Crippen LogP contribution in [0.1, 0.15) is 11.7 Å². The first kappa shape index (κ1) is 13.9. The molecule has 12 heteroatoms. The molecule has 0 bridgehead atoms. The normalized spacial score (nSPS) is 12.1. The number of aryl methyl sites for hydroxylation is 1. The van der Waals surface area contributed by atoms with E-state index in [1.54, 1.807) is 18.5 Å². The van der Waals surface area contributed by atoms with Gasteiger partial charge < -0.3 is 9.95 Å². The predicted octanol–water partition coefficient (Wildman–Crippen LogP) is -0.149. The summed E-state index contributed by atoms with van der Waals surface area (Å²) in [5.74, 6) is 6.00. The average molecular weight is 329 g/mol. The molecule has 0 atom stereocenters. The van der Waals surface area contributed by atoms with Gasteiger partial charge >= 0.3 is 0 Å². The van der Waals surface area contributed by atoms with Crippen molar-refractivity contribution in [2.45, 2.75) is 18.5 Å². The van der Waals surface area contributed by atoms with E-state index in [2.05, 4.69) is 25.3 Å². The number of imidazole rings is 1. The Hall–Kier alpha value is -2.02. The number of hydrogen-bond acceptors (Lipinski definition) is 9. The first-order chi connectivity index (χ1) is 10.0. The maximum absolute atomic E-state index is 12.4. The molecule has 4 N–H and O–H groups in total. The largest absolute Gasteiger partial charge is 0.340 e. The minimum atomic E-state index is -3.85. The summed E-state index contributed by atoms with van der Waals surface area (Å²) >= 11 is 1.30. The van der Waals surface area contributed by atoms with Gasteiger partial charge in [-0.2, -0.15) is 9.97 Å². The summed E-state index contributed by atoms with van der Waals surface area (Å²) in [6.07, 6.45) is 1.60. The van der Waals surface area contributed by atoms with Gasteiger partial charge in [0.15, 0.2) is 16.6 Å². The molecular formula is C9H11N7O3S2. The first-order valence-electron chi connectivity index (χ1n) is 5.72. The highest BCUT2D eigenvalue weighted by Crippen LogP contribution is 2.24. The summed E-state index contributed by atoms with van der Waals surface area (Å²) in [5, 5.41) is 5.28. The highest BCUT2D eigenvalue weighted by atomic mass is 32.2. The Bertz CT molecular complexity index is 878. The molecule has 0 unspecified atom stereocenters. The van der Waals surface area contributed by atoms with E-state index in [9.17, 15) is 8.42 Å². The van der Waals surface area contributed by atoms with Crippen molar-refractivity contribution in [3.8, 4) is 0 Å². The molecule has 0 saturated carbocycles. The molecule has 10 nitrogen and oxygen atoms in total. The summed E-state index contributed by atoms with van der Waals surface area (Å²) < 4.78 is 33.4. The molecule has 0 spiro atoms.